The van der Waals surface area contributed by atoms with Crippen molar-refractivity contribution in [1.29, 1.82) is 0 Å². The number of benzene rings is 2. The molecule has 0 saturated heterocycles. The number of rotatable bonds is 3. The summed E-state index contributed by atoms with van der Waals surface area (Å²) in [5.41, 5.74) is 5.62. The molecule has 2 aromatic rings. The molecule has 2 rings (SSSR count). The highest BCUT2D eigenvalue weighted by atomic mass is 79.9. The fourth-order valence-corrected chi connectivity index (χ4v) is 2.33. The van der Waals surface area contributed by atoms with Crippen LogP contribution < -0.4 is 5.73 Å². The van der Waals surface area contributed by atoms with Gasteiger partial charge in [-0.25, -0.2) is 13.6 Å². The lowest BCUT2D eigenvalue weighted by molar-refractivity contribution is 0.0473. The molecule has 0 amide bonds. The Hall–Kier alpha value is -1.66. The summed E-state index contributed by atoms with van der Waals surface area (Å²) in [5, 5.41) is 0.412. The highest BCUT2D eigenvalue weighted by Gasteiger charge is 2.16. The van der Waals surface area contributed by atoms with E-state index in [2.05, 4.69) is 15.9 Å². The van der Waals surface area contributed by atoms with Gasteiger partial charge in [-0.3, -0.25) is 0 Å². The molecule has 0 spiro atoms. The summed E-state index contributed by atoms with van der Waals surface area (Å²) in [6, 6.07) is 6.50. The van der Waals surface area contributed by atoms with Crippen molar-refractivity contribution in [3.8, 4) is 0 Å². The van der Waals surface area contributed by atoms with E-state index in [4.69, 9.17) is 22.1 Å². The van der Waals surface area contributed by atoms with Gasteiger partial charge in [0.25, 0.3) is 0 Å². The SMILES string of the molecule is Nc1cc(F)c(F)cc1C(=O)OCc1ccc(Br)cc1Cl. The fraction of sp³-hybridized carbons (Fsp3) is 0.0714. The van der Waals surface area contributed by atoms with Crippen LogP contribution in [0.15, 0.2) is 34.8 Å². The van der Waals surface area contributed by atoms with Gasteiger partial charge in [0.15, 0.2) is 11.6 Å². The van der Waals surface area contributed by atoms with Gasteiger partial charge in [-0.1, -0.05) is 33.6 Å². The number of carbonyl (C=O) groups excluding carboxylic acids is 1. The third-order valence-electron chi connectivity index (χ3n) is 2.69. The molecule has 7 heteroatoms. The first-order valence-electron chi connectivity index (χ1n) is 5.74. The van der Waals surface area contributed by atoms with Crippen LogP contribution in [0.25, 0.3) is 0 Å². The highest BCUT2D eigenvalue weighted by molar-refractivity contribution is 9.10. The number of halogens is 4. The normalized spacial score (nSPS) is 10.5. The van der Waals surface area contributed by atoms with E-state index in [0.717, 1.165) is 10.5 Å². The predicted octanol–water partition coefficient (Wildman–Crippen LogP) is 4.32. The van der Waals surface area contributed by atoms with Crippen LogP contribution in [0.5, 0.6) is 0 Å². The standard InChI is InChI=1S/C14H9BrClF2NO2/c15-8-2-1-7(10(16)3-8)6-21-14(20)9-4-11(17)12(18)5-13(9)19/h1-5H,6,19H2. The minimum Gasteiger partial charge on any atom is -0.457 e. The van der Waals surface area contributed by atoms with Gasteiger partial charge in [-0.15, -0.1) is 0 Å². The largest absolute Gasteiger partial charge is 0.457 e. The molecule has 110 valence electrons. The molecule has 21 heavy (non-hydrogen) atoms. The number of hydrogen-bond acceptors (Lipinski definition) is 3. The van der Waals surface area contributed by atoms with Crippen LogP contribution >= 0.6 is 27.5 Å². The van der Waals surface area contributed by atoms with Crippen LogP contribution in [0.1, 0.15) is 15.9 Å². The van der Waals surface area contributed by atoms with E-state index in [0.29, 0.717) is 16.7 Å². The highest BCUT2D eigenvalue weighted by Crippen LogP contribution is 2.23. The zero-order valence-corrected chi connectivity index (χ0v) is 12.8. The van der Waals surface area contributed by atoms with Crippen molar-refractivity contribution in [3.05, 3.63) is 62.6 Å². The average Bonchev–Trinajstić information content (AvgIpc) is 2.41. The van der Waals surface area contributed by atoms with Crippen molar-refractivity contribution in [2.45, 2.75) is 6.61 Å². The maximum atomic E-state index is 13.1. The summed E-state index contributed by atoms with van der Waals surface area (Å²) in [7, 11) is 0. The Morgan fingerprint density at radius 3 is 2.57 bits per heavy atom. The molecular weight excluding hydrogens is 368 g/mol. The number of esters is 1. The van der Waals surface area contributed by atoms with Crippen molar-refractivity contribution in [2.24, 2.45) is 0 Å². The molecule has 0 atom stereocenters. The molecule has 0 aromatic heterocycles. The van der Waals surface area contributed by atoms with Gasteiger partial charge in [0.05, 0.1) is 5.56 Å². The molecular formula is C14H9BrClF2NO2. The molecule has 0 fully saturated rings. The minimum atomic E-state index is -1.17. The first-order valence-corrected chi connectivity index (χ1v) is 6.91. The number of anilines is 1. The Kier molecular flexibility index (Phi) is 4.80. The Balaban J connectivity index is 2.13. The number of nitrogens with two attached hydrogens (primary N) is 1. The molecule has 0 bridgehead atoms. The van der Waals surface area contributed by atoms with E-state index in [9.17, 15) is 13.6 Å². The third kappa shape index (κ3) is 3.71. The summed E-state index contributed by atoms with van der Waals surface area (Å²) in [6.45, 7) is -0.108. The second-order valence-electron chi connectivity index (χ2n) is 4.17. The maximum Gasteiger partial charge on any atom is 0.340 e. The van der Waals surface area contributed by atoms with E-state index in [1.165, 1.54) is 0 Å². The average molecular weight is 377 g/mol. The van der Waals surface area contributed by atoms with Gasteiger partial charge in [0.2, 0.25) is 0 Å². The Morgan fingerprint density at radius 1 is 1.24 bits per heavy atom. The van der Waals surface area contributed by atoms with Crippen LogP contribution in [-0.2, 0) is 11.3 Å². The van der Waals surface area contributed by atoms with E-state index in [1.807, 2.05) is 0 Å². The van der Waals surface area contributed by atoms with Crippen molar-refractivity contribution in [1.82, 2.24) is 0 Å². The van der Waals surface area contributed by atoms with Crippen LogP contribution in [0.3, 0.4) is 0 Å². The second-order valence-corrected chi connectivity index (χ2v) is 5.49. The number of ether oxygens (including phenoxy) is 1. The van der Waals surface area contributed by atoms with Crippen molar-refractivity contribution < 1.29 is 18.3 Å². The maximum absolute atomic E-state index is 13.1. The Labute approximate surface area is 132 Å². The Morgan fingerprint density at radius 2 is 1.90 bits per heavy atom. The summed E-state index contributed by atoms with van der Waals surface area (Å²) in [6.07, 6.45) is 0. The molecule has 0 aliphatic heterocycles. The first-order chi connectivity index (χ1) is 9.88. The second kappa shape index (κ2) is 6.41. The molecule has 0 aliphatic carbocycles. The lowest BCUT2D eigenvalue weighted by Crippen LogP contribution is -2.10. The van der Waals surface area contributed by atoms with Gasteiger partial charge in [0, 0.05) is 26.8 Å². The van der Waals surface area contributed by atoms with E-state index >= 15 is 0 Å². The van der Waals surface area contributed by atoms with Crippen LogP contribution in [0.4, 0.5) is 14.5 Å². The number of carbonyl (C=O) groups is 1. The van der Waals surface area contributed by atoms with Gasteiger partial charge in [0.1, 0.15) is 6.61 Å². The zero-order valence-electron chi connectivity index (χ0n) is 10.5. The molecule has 0 unspecified atom stereocenters. The molecule has 0 heterocycles. The molecule has 0 saturated carbocycles. The van der Waals surface area contributed by atoms with Gasteiger partial charge in [-0.2, -0.15) is 0 Å². The summed E-state index contributed by atoms with van der Waals surface area (Å²) in [5.74, 6) is -3.15. The number of nitrogen functional groups attached to an aromatic ring is 1. The lowest BCUT2D eigenvalue weighted by atomic mass is 10.1. The van der Waals surface area contributed by atoms with E-state index in [-0.39, 0.29) is 17.9 Å². The molecule has 2 aromatic carbocycles. The first kappa shape index (κ1) is 15.7. The van der Waals surface area contributed by atoms with Crippen LogP contribution in [0, 0.1) is 11.6 Å². The topological polar surface area (TPSA) is 52.3 Å². The monoisotopic (exact) mass is 375 g/mol. The summed E-state index contributed by atoms with van der Waals surface area (Å²) < 4.78 is 31.8. The molecule has 0 radical (unpaired) electrons. The van der Waals surface area contributed by atoms with Gasteiger partial charge < -0.3 is 10.5 Å². The number of hydrogen-bond donors (Lipinski definition) is 1. The summed E-state index contributed by atoms with van der Waals surface area (Å²) >= 11 is 9.23. The fourth-order valence-electron chi connectivity index (χ4n) is 1.60. The van der Waals surface area contributed by atoms with E-state index < -0.39 is 17.6 Å². The van der Waals surface area contributed by atoms with E-state index in [1.54, 1.807) is 18.2 Å². The summed E-state index contributed by atoms with van der Waals surface area (Å²) in [4.78, 5) is 11.8. The lowest BCUT2D eigenvalue weighted by Gasteiger charge is -2.09. The minimum absolute atomic E-state index is 0.108. The smallest absolute Gasteiger partial charge is 0.340 e. The molecule has 2 N–H and O–H groups in total. The quantitative estimate of drug-likeness (QED) is 0.641. The van der Waals surface area contributed by atoms with Gasteiger partial charge >= 0.3 is 5.97 Å². The van der Waals surface area contributed by atoms with Crippen molar-refractivity contribution in [2.75, 3.05) is 5.73 Å². The third-order valence-corrected chi connectivity index (χ3v) is 3.53. The van der Waals surface area contributed by atoms with Gasteiger partial charge in [-0.05, 0) is 18.2 Å². The Bertz CT molecular complexity index is 710. The van der Waals surface area contributed by atoms with Crippen molar-refractivity contribution in [3.63, 3.8) is 0 Å². The van der Waals surface area contributed by atoms with Crippen LogP contribution in [-0.4, -0.2) is 5.97 Å². The molecule has 0 aliphatic rings. The zero-order chi connectivity index (χ0) is 15.6. The predicted molar refractivity (Wildman–Crippen MR) is 79.0 cm³/mol. The van der Waals surface area contributed by atoms with Crippen LogP contribution in [0.2, 0.25) is 5.02 Å². The molecule has 3 nitrogen and oxygen atoms in total. The van der Waals surface area contributed by atoms with Crippen molar-refractivity contribution >= 4 is 39.2 Å².